The lowest BCUT2D eigenvalue weighted by Gasteiger charge is -2.15. The molecule has 0 fully saturated rings. The summed E-state index contributed by atoms with van der Waals surface area (Å²) in [7, 11) is 0. The third-order valence-electron chi connectivity index (χ3n) is 10.5. The summed E-state index contributed by atoms with van der Waals surface area (Å²) >= 11 is 3.58. The number of thiophene rings is 2. The lowest BCUT2D eigenvalue weighted by molar-refractivity contribution is 1.09. The Morgan fingerprint density at radius 3 is 2.10 bits per heavy atom. The Hall–Kier alpha value is -6.14. The number of benzene rings is 7. The van der Waals surface area contributed by atoms with Crippen LogP contribution < -0.4 is 0 Å². The SMILES string of the molecule is C=Cc1ccccc1-c1c(C)sc2c1c1ccccc1c1c3ccccc3n(-c3nc4sc5ccccc5c4nc3-c3cccc4ccccc34)c21. The molecule has 0 aliphatic rings. The molecule has 11 rings (SSSR count). The topological polar surface area (TPSA) is 30.7 Å². The number of nitrogens with zero attached hydrogens (tertiary/aromatic N) is 3. The normalized spacial score (nSPS) is 12.0. The summed E-state index contributed by atoms with van der Waals surface area (Å²) in [5.74, 6) is 0.845. The number of hydrogen-bond acceptors (Lipinski definition) is 4. The molecule has 0 saturated heterocycles. The number of aromatic nitrogens is 3. The molecule has 0 N–H and O–H groups in total. The van der Waals surface area contributed by atoms with Crippen molar-refractivity contribution in [1.82, 2.24) is 14.5 Å². The van der Waals surface area contributed by atoms with Crippen LogP contribution in [0.2, 0.25) is 0 Å². The maximum atomic E-state index is 5.65. The van der Waals surface area contributed by atoms with Gasteiger partial charge >= 0.3 is 0 Å². The number of hydrogen-bond donors (Lipinski definition) is 0. The van der Waals surface area contributed by atoms with E-state index in [9.17, 15) is 0 Å². The standard InChI is InChI=1S/C47H29N3S2/c1-3-28-15-4-7-19-31(28)39-27(2)51-45-41(39)33-21-9-8-20-32(33)40-35-22-10-12-25-37(35)50(44(40)45)46-42(34-24-14-17-29-16-5-6-18-30(29)34)48-43-36-23-11-13-26-38(36)52-47(43)49-46/h3-26H,1H2,2H3. The molecule has 0 unspecified atom stereocenters. The molecule has 4 aromatic heterocycles. The van der Waals surface area contributed by atoms with E-state index in [1.165, 1.54) is 63.2 Å². The monoisotopic (exact) mass is 699 g/mol. The molecule has 0 saturated carbocycles. The van der Waals surface area contributed by atoms with E-state index in [0.717, 1.165) is 49.3 Å². The first-order valence-electron chi connectivity index (χ1n) is 17.5. The fourth-order valence-corrected chi connectivity index (χ4v) is 10.6. The number of para-hydroxylation sites is 1. The van der Waals surface area contributed by atoms with Crippen molar-refractivity contribution in [3.05, 3.63) is 157 Å². The molecule has 0 aliphatic carbocycles. The zero-order valence-electron chi connectivity index (χ0n) is 28.2. The first-order chi connectivity index (χ1) is 25.7. The molecule has 0 amide bonds. The van der Waals surface area contributed by atoms with Crippen LogP contribution in [0.5, 0.6) is 0 Å². The number of fused-ring (bicyclic) bond motifs is 12. The van der Waals surface area contributed by atoms with E-state index in [2.05, 4.69) is 158 Å². The van der Waals surface area contributed by atoms with E-state index in [0.29, 0.717) is 0 Å². The largest absolute Gasteiger partial charge is 0.290 e. The first-order valence-corrected chi connectivity index (χ1v) is 19.1. The smallest absolute Gasteiger partial charge is 0.166 e. The van der Waals surface area contributed by atoms with Crippen LogP contribution in [0.25, 0.3) is 108 Å². The van der Waals surface area contributed by atoms with E-state index in [1.54, 1.807) is 11.3 Å². The molecular formula is C47H29N3S2. The van der Waals surface area contributed by atoms with Gasteiger partial charge in [0.05, 0.1) is 15.7 Å². The van der Waals surface area contributed by atoms with Crippen LogP contribution in [0.1, 0.15) is 10.4 Å². The van der Waals surface area contributed by atoms with Crippen LogP contribution in [0, 0.1) is 6.92 Å². The van der Waals surface area contributed by atoms with Crippen molar-refractivity contribution < 1.29 is 0 Å². The molecule has 7 aromatic carbocycles. The lowest BCUT2D eigenvalue weighted by Crippen LogP contribution is -2.03. The number of aryl methyl sites for hydroxylation is 1. The van der Waals surface area contributed by atoms with Gasteiger partial charge in [0.1, 0.15) is 16.0 Å². The van der Waals surface area contributed by atoms with Crippen molar-refractivity contribution in [3.63, 3.8) is 0 Å². The average Bonchev–Trinajstić information content (AvgIpc) is 3.86. The van der Waals surface area contributed by atoms with Crippen LogP contribution in [0.4, 0.5) is 0 Å². The molecular weight excluding hydrogens is 671 g/mol. The third kappa shape index (κ3) is 4.06. The van der Waals surface area contributed by atoms with Gasteiger partial charge in [0.2, 0.25) is 0 Å². The molecule has 0 spiro atoms. The van der Waals surface area contributed by atoms with Gasteiger partial charge in [-0.15, -0.1) is 22.7 Å². The van der Waals surface area contributed by atoms with Gasteiger partial charge < -0.3 is 0 Å². The second-order valence-electron chi connectivity index (χ2n) is 13.3. The molecule has 0 bridgehead atoms. The predicted octanol–water partition coefficient (Wildman–Crippen LogP) is 13.7. The van der Waals surface area contributed by atoms with Crippen LogP contribution in [0.3, 0.4) is 0 Å². The molecule has 0 radical (unpaired) electrons. The molecule has 5 heteroatoms. The molecule has 3 nitrogen and oxygen atoms in total. The molecule has 244 valence electrons. The Morgan fingerprint density at radius 1 is 0.596 bits per heavy atom. The van der Waals surface area contributed by atoms with E-state index in [-0.39, 0.29) is 0 Å². The highest BCUT2D eigenvalue weighted by Crippen LogP contribution is 2.51. The third-order valence-corrected chi connectivity index (χ3v) is 12.7. The van der Waals surface area contributed by atoms with Gasteiger partial charge in [0.15, 0.2) is 5.82 Å². The fraction of sp³-hybridized carbons (Fsp3) is 0.0213. The second kappa shape index (κ2) is 11.2. The summed E-state index contributed by atoms with van der Waals surface area (Å²) in [6.07, 6.45) is 1.97. The van der Waals surface area contributed by atoms with Gasteiger partial charge in [-0.25, -0.2) is 9.97 Å². The van der Waals surface area contributed by atoms with Gasteiger partial charge in [-0.3, -0.25) is 4.57 Å². The zero-order chi connectivity index (χ0) is 34.5. The minimum atomic E-state index is 0.845. The molecule has 0 aliphatic heterocycles. The van der Waals surface area contributed by atoms with Crippen molar-refractivity contribution in [1.29, 1.82) is 0 Å². The van der Waals surface area contributed by atoms with E-state index < -0.39 is 0 Å². The predicted molar refractivity (Wildman–Crippen MR) is 225 cm³/mol. The molecule has 52 heavy (non-hydrogen) atoms. The number of rotatable bonds is 4. The highest BCUT2D eigenvalue weighted by atomic mass is 32.1. The van der Waals surface area contributed by atoms with Gasteiger partial charge in [-0.1, -0.05) is 140 Å². The van der Waals surface area contributed by atoms with E-state index in [1.807, 2.05) is 17.4 Å². The summed E-state index contributed by atoms with van der Waals surface area (Å²) in [5.41, 5.74) is 8.79. The molecule has 0 atom stereocenters. The summed E-state index contributed by atoms with van der Waals surface area (Å²) in [5, 5.41) is 9.68. The van der Waals surface area contributed by atoms with Crippen molar-refractivity contribution in [3.8, 4) is 28.2 Å². The van der Waals surface area contributed by atoms with Gasteiger partial charge in [-0.05, 0) is 51.7 Å². The first kappa shape index (κ1) is 29.6. The van der Waals surface area contributed by atoms with Crippen LogP contribution in [-0.4, -0.2) is 14.5 Å². The average molecular weight is 700 g/mol. The van der Waals surface area contributed by atoms with Gasteiger partial charge in [0.25, 0.3) is 0 Å². The van der Waals surface area contributed by atoms with Crippen molar-refractivity contribution in [2.45, 2.75) is 6.92 Å². The summed E-state index contributed by atoms with van der Waals surface area (Å²) in [4.78, 5) is 13.5. The summed E-state index contributed by atoms with van der Waals surface area (Å²) in [6.45, 7) is 6.45. The Morgan fingerprint density at radius 2 is 1.25 bits per heavy atom. The summed E-state index contributed by atoms with van der Waals surface area (Å²) < 4.78 is 4.86. The minimum absolute atomic E-state index is 0.845. The Bertz CT molecular complexity index is 3280. The van der Waals surface area contributed by atoms with Crippen molar-refractivity contribution in [2.24, 2.45) is 0 Å². The van der Waals surface area contributed by atoms with Crippen LogP contribution in [0.15, 0.2) is 146 Å². The van der Waals surface area contributed by atoms with E-state index in [4.69, 9.17) is 9.97 Å². The van der Waals surface area contributed by atoms with Gasteiger partial charge in [-0.2, -0.15) is 0 Å². The Balaban J connectivity index is 1.38. The molecule has 11 aromatic rings. The maximum absolute atomic E-state index is 5.65. The quantitative estimate of drug-likeness (QED) is 0.183. The van der Waals surface area contributed by atoms with Crippen molar-refractivity contribution in [2.75, 3.05) is 0 Å². The lowest BCUT2D eigenvalue weighted by atomic mass is 9.93. The van der Waals surface area contributed by atoms with Crippen molar-refractivity contribution >= 4 is 103 Å². The highest BCUT2D eigenvalue weighted by molar-refractivity contribution is 7.25. The van der Waals surface area contributed by atoms with Crippen LogP contribution in [-0.2, 0) is 0 Å². The minimum Gasteiger partial charge on any atom is -0.290 e. The maximum Gasteiger partial charge on any atom is 0.166 e. The second-order valence-corrected chi connectivity index (χ2v) is 15.6. The highest BCUT2D eigenvalue weighted by Gasteiger charge is 2.27. The Labute approximate surface area is 307 Å². The molecule has 4 heterocycles. The fourth-order valence-electron chi connectivity index (χ4n) is 8.34. The Kier molecular flexibility index (Phi) is 6.36. The van der Waals surface area contributed by atoms with Crippen LogP contribution >= 0.6 is 22.7 Å². The van der Waals surface area contributed by atoms with E-state index >= 15 is 0 Å². The van der Waals surface area contributed by atoms with Gasteiger partial charge in [0, 0.05) is 42.2 Å². The summed E-state index contributed by atoms with van der Waals surface area (Å²) in [6, 6.07) is 50.0. The zero-order valence-corrected chi connectivity index (χ0v) is 29.9.